The number of nitrogens with zero attached hydrogens (tertiary/aromatic N) is 4. The third kappa shape index (κ3) is 3.31. The molecule has 2 fully saturated rings. The summed E-state index contributed by atoms with van der Waals surface area (Å²) in [5.41, 5.74) is 2.29. The van der Waals surface area contributed by atoms with E-state index in [2.05, 4.69) is 9.88 Å². The van der Waals surface area contributed by atoms with Crippen molar-refractivity contribution in [3.63, 3.8) is 0 Å². The molecule has 0 unspecified atom stereocenters. The van der Waals surface area contributed by atoms with Crippen LogP contribution >= 0.6 is 0 Å². The molecule has 0 spiro atoms. The molecule has 30 heavy (non-hydrogen) atoms. The fourth-order valence-corrected chi connectivity index (χ4v) is 5.59. The summed E-state index contributed by atoms with van der Waals surface area (Å²) in [7, 11) is -3.73. The van der Waals surface area contributed by atoms with Gasteiger partial charge in [0.2, 0.25) is 10.0 Å². The summed E-state index contributed by atoms with van der Waals surface area (Å²) in [6.07, 6.45) is 1.47. The minimum atomic E-state index is -3.73. The van der Waals surface area contributed by atoms with E-state index in [1.54, 1.807) is 0 Å². The molecule has 0 N–H and O–H groups in total. The lowest BCUT2D eigenvalue weighted by Crippen LogP contribution is -2.41. The molecule has 2 aliphatic heterocycles. The van der Waals surface area contributed by atoms with Crippen LogP contribution in [0.25, 0.3) is 21.8 Å². The third-order valence-electron chi connectivity index (χ3n) is 5.72. The molecule has 3 aromatic rings. The molecule has 0 radical (unpaired) electrons. The number of aryl methyl sites for hydroxylation is 1. The molecule has 8 nitrogen and oxygen atoms in total. The topological polar surface area (TPSA) is 84.9 Å². The first kappa shape index (κ1) is 19.6. The second kappa shape index (κ2) is 7.73. The van der Waals surface area contributed by atoms with Crippen LogP contribution in [0.1, 0.15) is 5.56 Å². The number of benzene rings is 1. The van der Waals surface area contributed by atoms with Gasteiger partial charge in [0.25, 0.3) is 0 Å². The molecule has 0 bridgehead atoms. The summed E-state index contributed by atoms with van der Waals surface area (Å²) in [5.74, 6) is 0.755. The number of fused-ring (bicyclic) bond motifs is 2. The number of hydrogen-bond donors (Lipinski definition) is 0. The van der Waals surface area contributed by atoms with Crippen molar-refractivity contribution < 1.29 is 17.9 Å². The zero-order valence-corrected chi connectivity index (χ0v) is 17.7. The Morgan fingerprint density at radius 3 is 2.40 bits per heavy atom. The SMILES string of the molecule is Cc1cccc2cc3c(N4CCOCC4)ncc(S(=O)(=O)N4CCOCC4)c3nc12. The smallest absolute Gasteiger partial charge is 0.246 e. The predicted molar refractivity (Wildman–Crippen MR) is 114 cm³/mol. The monoisotopic (exact) mass is 428 g/mol. The number of hydrogen-bond acceptors (Lipinski definition) is 7. The van der Waals surface area contributed by atoms with Crippen molar-refractivity contribution in [2.24, 2.45) is 0 Å². The molecule has 0 amide bonds. The first-order valence-electron chi connectivity index (χ1n) is 10.2. The van der Waals surface area contributed by atoms with Crippen LogP contribution in [0.3, 0.4) is 0 Å². The average Bonchev–Trinajstić information content (AvgIpc) is 2.78. The summed E-state index contributed by atoms with van der Waals surface area (Å²) in [6, 6.07) is 7.99. The van der Waals surface area contributed by atoms with Crippen molar-refractivity contribution in [2.75, 3.05) is 57.5 Å². The molecule has 0 atom stereocenters. The molecule has 2 aromatic heterocycles. The number of aromatic nitrogens is 2. The molecular formula is C21H24N4O4S. The van der Waals surface area contributed by atoms with E-state index < -0.39 is 10.0 Å². The maximum absolute atomic E-state index is 13.5. The van der Waals surface area contributed by atoms with Crippen molar-refractivity contribution in [2.45, 2.75) is 11.8 Å². The number of para-hydroxylation sites is 1. The lowest BCUT2D eigenvalue weighted by atomic mass is 10.1. The molecule has 0 aliphatic carbocycles. The molecule has 2 aliphatic rings. The quantitative estimate of drug-likeness (QED) is 0.590. The van der Waals surface area contributed by atoms with Crippen molar-refractivity contribution in [1.29, 1.82) is 0 Å². The third-order valence-corrected chi connectivity index (χ3v) is 7.62. The summed E-state index contributed by atoms with van der Waals surface area (Å²) < 4.78 is 39.2. The highest BCUT2D eigenvalue weighted by molar-refractivity contribution is 7.89. The molecule has 4 heterocycles. The number of pyridine rings is 2. The van der Waals surface area contributed by atoms with Gasteiger partial charge in [-0.05, 0) is 18.6 Å². The number of ether oxygens (including phenoxy) is 2. The van der Waals surface area contributed by atoms with Crippen LogP contribution in [0.4, 0.5) is 5.82 Å². The van der Waals surface area contributed by atoms with E-state index in [1.807, 2.05) is 31.2 Å². The van der Waals surface area contributed by atoms with E-state index in [0.29, 0.717) is 58.1 Å². The molecular weight excluding hydrogens is 404 g/mol. The van der Waals surface area contributed by atoms with Crippen LogP contribution in [-0.2, 0) is 19.5 Å². The zero-order valence-electron chi connectivity index (χ0n) is 16.9. The number of sulfonamides is 1. The fourth-order valence-electron chi connectivity index (χ4n) is 4.10. The van der Waals surface area contributed by atoms with Crippen LogP contribution in [0.15, 0.2) is 35.4 Å². The van der Waals surface area contributed by atoms with Gasteiger partial charge in [0.15, 0.2) is 0 Å². The van der Waals surface area contributed by atoms with Gasteiger partial charge in [-0.25, -0.2) is 18.4 Å². The van der Waals surface area contributed by atoms with Crippen molar-refractivity contribution in [3.05, 3.63) is 36.0 Å². The number of rotatable bonds is 3. The molecule has 0 saturated carbocycles. The Balaban J connectivity index is 1.76. The largest absolute Gasteiger partial charge is 0.379 e. The Morgan fingerprint density at radius 2 is 1.67 bits per heavy atom. The minimum Gasteiger partial charge on any atom is -0.379 e. The van der Waals surface area contributed by atoms with Gasteiger partial charge in [0.05, 0.1) is 43.7 Å². The first-order valence-corrected chi connectivity index (χ1v) is 11.6. The van der Waals surface area contributed by atoms with Crippen LogP contribution < -0.4 is 4.90 Å². The van der Waals surface area contributed by atoms with E-state index >= 15 is 0 Å². The molecule has 1 aromatic carbocycles. The predicted octanol–water partition coefficient (Wildman–Crippen LogP) is 1.95. The Labute approximate surface area is 175 Å². The average molecular weight is 429 g/mol. The van der Waals surface area contributed by atoms with Gasteiger partial charge in [0.1, 0.15) is 10.7 Å². The van der Waals surface area contributed by atoms with E-state index in [4.69, 9.17) is 14.5 Å². The minimum absolute atomic E-state index is 0.154. The normalized spacial score (nSPS) is 18.9. The number of anilines is 1. The van der Waals surface area contributed by atoms with Gasteiger partial charge in [-0.3, -0.25) is 0 Å². The van der Waals surface area contributed by atoms with Gasteiger partial charge >= 0.3 is 0 Å². The zero-order chi connectivity index (χ0) is 20.7. The van der Waals surface area contributed by atoms with Gasteiger partial charge in [-0.2, -0.15) is 4.31 Å². The summed E-state index contributed by atoms with van der Waals surface area (Å²) in [5, 5.41) is 1.73. The fraction of sp³-hybridized carbons (Fsp3) is 0.429. The first-order chi connectivity index (χ1) is 14.6. The van der Waals surface area contributed by atoms with Gasteiger partial charge in [-0.15, -0.1) is 0 Å². The highest BCUT2D eigenvalue weighted by Gasteiger charge is 2.30. The van der Waals surface area contributed by atoms with Gasteiger partial charge in [0, 0.05) is 37.0 Å². The van der Waals surface area contributed by atoms with Crippen molar-refractivity contribution in [1.82, 2.24) is 14.3 Å². The highest BCUT2D eigenvalue weighted by atomic mass is 32.2. The van der Waals surface area contributed by atoms with Crippen molar-refractivity contribution in [3.8, 4) is 0 Å². The molecule has 5 rings (SSSR count). The van der Waals surface area contributed by atoms with Gasteiger partial charge < -0.3 is 14.4 Å². The molecule has 158 valence electrons. The summed E-state index contributed by atoms with van der Waals surface area (Å²) in [6.45, 7) is 6.11. The summed E-state index contributed by atoms with van der Waals surface area (Å²) in [4.78, 5) is 11.8. The van der Waals surface area contributed by atoms with Crippen LogP contribution in [0.5, 0.6) is 0 Å². The van der Waals surface area contributed by atoms with Crippen LogP contribution in [0, 0.1) is 6.92 Å². The van der Waals surface area contributed by atoms with E-state index in [-0.39, 0.29) is 4.90 Å². The second-order valence-electron chi connectivity index (χ2n) is 7.59. The lowest BCUT2D eigenvalue weighted by molar-refractivity contribution is 0.0730. The number of morpholine rings is 2. The Hall–Kier alpha value is -2.33. The summed E-state index contributed by atoms with van der Waals surface area (Å²) >= 11 is 0. The van der Waals surface area contributed by atoms with E-state index in [1.165, 1.54) is 10.5 Å². The van der Waals surface area contributed by atoms with E-state index in [9.17, 15) is 8.42 Å². The maximum Gasteiger partial charge on any atom is 0.246 e. The standard InChI is InChI=1S/C21H24N4O4S/c1-15-3-2-4-16-13-17-20(23-19(15)16)18(30(26,27)25-7-11-29-12-8-25)14-22-21(17)24-5-9-28-10-6-24/h2-4,13-14H,5-12H2,1H3. The molecule has 2 saturated heterocycles. The molecule has 9 heteroatoms. The Kier molecular flexibility index (Phi) is 5.06. The van der Waals surface area contributed by atoms with Crippen LogP contribution in [-0.4, -0.2) is 75.3 Å². The highest BCUT2D eigenvalue weighted by Crippen LogP contribution is 2.33. The van der Waals surface area contributed by atoms with Crippen molar-refractivity contribution >= 4 is 37.6 Å². The lowest BCUT2D eigenvalue weighted by Gasteiger charge is -2.30. The Morgan fingerprint density at radius 1 is 0.967 bits per heavy atom. The van der Waals surface area contributed by atoms with Gasteiger partial charge in [-0.1, -0.05) is 18.2 Å². The Bertz CT molecular complexity index is 1200. The van der Waals surface area contributed by atoms with E-state index in [0.717, 1.165) is 27.7 Å². The maximum atomic E-state index is 13.5. The second-order valence-corrected chi connectivity index (χ2v) is 9.50. The van der Waals surface area contributed by atoms with Crippen LogP contribution in [0.2, 0.25) is 0 Å².